The van der Waals surface area contributed by atoms with Crippen LogP contribution >= 0.6 is 22.9 Å². The van der Waals surface area contributed by atoms with Gasteiger partial charge in [0.1, 0.15) is 6.54 Å². The number of nitrogens with zero attached hydrogens (tertiary/aromatic N) is 3. The number of halogens is 1. The van der Waals surface area contributed by atoms with Crippen LogP contribution in [0.2, 0.25) is 5.02 Å². The molecule has 0 aliphatic carbocycles. The highest BCUT2D eigenvalue weighted by atomic mass is 35.5. The summed E-state index contributed by atoms with van der Waals surface area (Å²) in [7, 11) is -3.73. The summed E-state index contributed by atoms with van der Waals surface area (Å²) >= 11 is 7.33. The van der Waals surface area contributed by atoms with Gasteiger partial charge in [-0.25, -0.2) is 8.42 Å². The van der Waals surface area contributed by atoms with Gasteiger partial charge >= 0.3 is 5.97 Å². The SMILES string of the molecule is CCOC(=O)Cn1c(=NC(=O)c2ccc(S(=O)(=O)N3CC(C)OC(C)C3)cc2)sc2cc(Cl)ccc21. The molecule has 0 saturated carbocycles. The summed E-state index contributed by atoms with van der Waals surface area (Å²) in [5.74, 6) is -1.02. The molecule has 1 aliphatic heterocycles. The van der Waals surface area contributed by atoms with E-state index in [1.54, 1.807) is 29.7 Å². The van der Waals surface area contributed by atoms with Crippen molar-refractivity contribution < 1.29 is 27.5 Å². The molecule has 9 nitrogen and oxygen atoms in total. The number of aromatic nitrogens is 1. The van der Waals surface area contributed by atoms with Crippen molar-refractivity contribution in [3.63, 3.8) is 0 Å². The van der Waals surface area contributed by atoms with E-state index in [4.69, 9.17) is 21.1 Å². The van der Waals surface area contributed by atoms with E-state index in [0.29, 0.717) is 15.3 Å². The zero-order valence-corrected chi connectivity index (χ0v) is 22.4. The largest absolute Gasteiger partial charge is 0.465 e. The van der Waals surface area contributed by atoms with Crippen molar-refractivity contribution in [2.75, 3.05) is 19.7 Å². The van der Waals surface area contributed by atoms with Crippen LogP contribution in [0.15, 0.2) is 52.4 Å². The van der Waals surface area contributed by atoms with Crippen LogP contribution in [0.4, 0.5) is 0 Å². The number of carbonyl (C=O) groups excluding carboxylic acids is 2. The van der Waals surface area contributed by atoms with Crippen LogP contribution in [-0.4, -0.2) is 61.1 Å². The minimum absolute atomic E-state index is 0.0919. The lowest BCUT2D eigenvalue weighted by Gasteiger charge is -2.34. The van der Waals surface area contributed by atoms with E-state index in [1.165, 1.54) is 39.9 Å². The number of hydrogen-bond acceptors (Lipinski definition) is 7. The van der Waals surface area contributed by atoms with Crippen LogP contribution in [0.1, 0.15) is 31.1 Å². The fourth-order valence-corrected chi connectivity index (χ4v) is 6.91. The lowest BCUT2D eigenvalue weighted by atomic mass is 10.2. The van der Waals surface area contributed by atoms with Crippen LogP contribution in [0, 0.1) is 0 Å². The van der Waals surface area contributed by atoms with Crippen molar-refractivity contribution in [2.24, 2.45) is 4.99 Å². The van der Waals surface area contributed by atoms with E-state index in [-0.39, 0.29) is 48.9 Å². The first-order valence-corrected chi connectivity index (χ1v) is 14.0. The molecule has 1 aliphatic rings. The number of morpholine rings is 1. The molecular weight excluding hydrogens is 526 g/mol. The summed E-state index contributed by atoms with van der Waals surface area (Å²) in [5.41, 5.74) is 0.912. The Labute approximate surface area is 218 Å². The number of thiazole rings is 1. The molecule has 3 aromatic rings. The molecule has 1 amide bonds. The van der Waals surface area contributed by atoms with E-state index in [9.17, 15) is 18.0 Å². The average molecular weight is 552 g/mol. The second-order valence-electron chi connectivity index (χ2n) is 8.41. The van der Waals surface area contributed by atoms with Gasteiger partial charge in [0.05, 0.1) is 33.9 Å². The summed E-state index contributed by atoms with van der Waals surface area (Å²) in [6.45, 7) is 6.02. The van der Waals surface area contributed by atoms with E-state index in [2.05, 4.69) is 4.99 Å². The Morgan fingerprint density at radius 2 is 1.81 bits per heavy atom. The Morgan fingerprint density at radius 1 is 1.14 bits per heavy atom. The predicted molar refractivity (Wildman–Crippen MR) is 137 cm³/mol. The van der Waals surface area contributed by atoms with Crippen molar-refractivity contribution in [1.82, 2.24) is 8.87 Å². The lowest BCUT2D eigenvalue weighted by Crippen LogP contribution is -2.48. The van der Waals surface area contributed by atoms with Crippen LogP contribution in [0.3, 0.4) is 0 Å². The van der Waals surface area contributed by atoms with Crippen LogP contribution in [0.25, 0.3) is 10.2 Å². The van der Waals surface area contributed by atoms with E-state index < -0.39 is 21.9 Å². The van der Waals surface area contributed by atoms with Crippen LogP contribution in [-0.2, 0) is 30.8 Å². The molecule has 1 fully saturated rings. The minimum Gasteiger partial charge on any atom is -0.465 e. The van der Waals surface area contributed by atoms with Gasteiger partial charge in [-0.15, -0.1) is 0 Å². The van der Waals surface area contributed by atoms with Crippen LogP contribution < -0.4 is 4.80 Å². The van der Waals surface area contributed by atoms with Gasteiger partial charge in [-0.1, -0.05) is 22.9 Å². The third kappa shape index (κ3) is 5.70. The number of sulfonamides is 1. The van der Waals surface area contributed by atoms with Crippen molar-refractivity contribution in [1.29, 1.82) is 0 Å². The smallest absolute Gasteiger partial charge is 0.326 e. The number of benzene rings is 2. The van der Waals surface area contributed by atoms with Gasteiger partial charge in [0.2, 0.25) is 10.0 Å². The highest BCUT2D eigenvalue weighted by Gasteiger charge is 2.32. The molecule has 4 rings (SSSR count). The average Bonchev–Trinajstić information content (AvgIpc) is 3.14. The molecule has 0 N–H and O–H groups in total. The van der Waals surface area contributed by atoms with Crippen molar-refractivity contribution in [2.45, 2.75) is 44.4 Å². The highest BCUT2D eigenvalue weighted by molar-refractivity contribution is 7.89. The molecule has 0 bridgehead atoms. The fraction of sp³-hybridized carbons (Fsp3) is 0.375. The molecule has 1 aromatic heterocycles. The molecule has 1 saturated heterocycles. The van der Waals surface area contributed by atoms with Crippen molar-refractivity contribution in [3.05, 3.63) is 57.9 Å². The maximum atomic E-state index is 13.1. The number of hydrogen-bond donors (Lipinski definition) is 0. The first-order chi connectivity index (χ1) is 17.1. The summed E-state index contributed by atoms with van der Waals surface area (Å²) in [6, 6.07) is 10.9. The van der Waals surface area contributed by atoms with Gasteiger partial charge in [-0.2, -0.15) is 9.30 Å². The Morgan fingerprint density at radius 3 is 2.44 bits per heavy atom. The van der Waals surface area contributed by atoms with Gasteiger partial charge in [0.25, 0.3) is 5.91 Å². The van der Waals surface area contributed by atoms with Gasteiger partial charge in [-0.05, 0) is 63.2 Å². The van der Waals surface area contributed by atoms with Crippen molar-refractivity contribution in [3.8, 4) is 0 Å². The molecule has 2 heterocycles. The Bertz CT molecular complexity index is 1450. The van der Waals surface area contributed by atoms with Gasteiger partial charge in [-0.3, -0.25) is 9.59 Å². The number of rotatable bonds is 6. The number of amides is 1. The molecule has 192 valence electrons. The van der Waals surface area contributed by atoms with Crippen molar-refractivity contribution >= 4 is 55.1 Å². The predicted octanol–water partition coefficient (Wildman–Crippen LogP) is 3.46. The van der Waals surface area contributed by atoms with Gasteiger partial charge in [0, 0.05) is 23.7 Å². The fourth-order valence-electron chi connectivity index (χ4n) is 4.02. The number of ether oxygens (including phenoxy) is 2. The Balaban J connectivity index is 1.64. The lowest BCUT2D eigenvalue weighted by molar-refractivity contribution is -0.143. The molecule has 2 unspecified atom stereocenters. The zero-order chi connectivity index (χ0) is 26.0. The van der Waals surface area contributed by atoms with E-state index in [1.807, 2.05) is 13.8 Å². The molecule has 0 spiro atoms. The van der Waals surface area contributed by atoms with E-state index in [0.717, 1.165) is 4.70 Å². The molecule has 36 heavy (non-hydrogen) atoms. The maximum absolute atomic E-state index is 13.1. The summed E-state index contributed by atoms with van der Waals surface area (Å²) in [4.78, 5) is 29.8. The molecular formula is C24H26ClN3O6S2. The monoisotopic (exact) mass is 551 g/mol. The third-order valence-electron chi connectivity index (χ3n) is 5.56. The second kappa shape index (κ2) is 10.8. The summed E-state index contributed by atoms with van der Waals surface area (Å²) in [6.07, 6.45) is -0.415. The number of esters is 1. The topological polar surface area (TPSA) is 107 Å². The third-order valence-corrected chi connectivity index (χ3v) is 8.68. The van der Waals surface area contributed by atoms with E-state index >= 15 is 0 Å². The first-order valence-electron chi connectivity index (χ1n) is 11.4. The quantitative estimate of drug-likeness (QED) is 0.434. The molecule has 0 radical (unpaired) electrons. The first kappa shape index (κ1) is 26.5. The van der Waals surface area contributed by atoms with Gasteiger partial charge in [0.15, 0.2) is 4.80 Å². The Hall–Kier alpha value is -2.57. The minimum atomic E-state index is -3.73. The van der Waals surface area contributed by atoms with Gasteiger partial charge < -0.3 is 14.0 Å². The zero-order valence-electron chi connectivity index (χ0n) is 20.0. The number of carbonyl (C=O) groups is 2. The number of fused-ring (bicyclic) bond motifs is 1. The standard InChI is InChI=1S/C24H26ClN3O6S2/c1-4-33-22(29)14-28-20-10-7-18(25)11-21(20)35-24(28)26-23(30)17-5-8-19(9-6-17)36(31,32)27-12-15(2)34-16(3)13-27/h5-11,15-16H,4,12-14H2,1-3H3. The normalized spacial score (nSPS) is 19.5. The Kier molecular flexibility index (Phi) is 7.96. The highest BCUT2D eigenvalue weighted by Crippen LogP contribution is 2.23. The van der Waals surface area contributed by atoms with Crippen LogP contribution in [0.5, 0.6) is 0 Å². The summed E-state index contributed by atoms with van der Waals surface area (Å²) in [5, 5.41) is 0.519. The summed E-state index contributed by atoms with van der Waals surface area (Å²) < 4.78 is 40.6. The molecule has 2 atom stereocenters. The molecule has 12 heteroatoms. The second-order valence-corrected chi connectivity index (χ2v) is 11.8. The molecule has 2 aromatic carbocycles. The maximum Gasteiger partial charge on any atom is 0.326 e.